The number of hydrogen-bond acceptors (Lipinski definition) is 2. The number of rotatable bonds is 12. The van der Waals surface area contributed by atoms with E-state index in [2.05, 4.69) is 13.8 Å². The van der Waals surface area contributed by atoms with Crippen LogP contribution < -0.4 is 0 Å². The molecule has 0 saturated carbocycles. The normalized spacial score (nSPS) is 11.2. The van der Waals surface area contributed by atoms with Gasteiger partial charge in [-0.3, -0.25) is 4.79 Å². The van der Waals surface area contributed by atoms with Gasteiger partial charge in [-0.05, 0) is 25.3 Å². The minimum Gasteiger partial charge on any atom is -0.282 e. The molecule has 1 nitrogen and oxygen atoms in total. The molecule has 0 aromatic carbocycles. The van der Waals surface area contributed by atoms with Gasteiger partial charge in [0.1, 0.15) is 0 Å². The lowest BCUT2D eigenvalue weighted by molar-refractivity contribution is -0.107. The Kier molecular flexibility index (Phi) is 14.6. The number of carbonyl (C=O) groups excluding carboxylic acids is 1. The minimum absolute atomic E-state index is 0.236. The first-order valence-corrected chi connectivity index (χ1v) is 8.63. The van der Waals surface area contributed by atoms with Crippen molar-refractivity contribution in [1.29, 1.82) is 0 Å². The summed E-state index contributed by atoms with van der Waals surface area (Å²) in [5.74, 6) is 0.986. The number of thioether (sulfide) groups is 1. The highest BCUT2D eigenvalue weighted by Gasteiger charge is 1.96. The molecule has 0 fully saturated rings. The molecule has 0 bridgehead atoms. The summed E-state index contributed by atoms with van der Waals surface area (Å²) in [6, 6.07) is 0. The van der Waals surface area contributed by atoms with Crippen LogP contribution in [0.1, 0.15) is 78.1 Å². The molecule has 0 aromatic heterocycles. The maximum atomic E-state index is 11.5. The predicted molar refractivity (Wildman–Crippen MR) is 84.1 cm³/mol. The number of hydrogen-bond donors (Lipinski definition) is 0. The number of carbonyl (C=O) groups is 1. The fraction of sp³-hybridized carbons (Fsp3) is 0.812. The summed E-state index contributed by atoms with van der Waals surface area (Å²) in [7, 11) is 0. The van der Waals surface area contributed by atoms with E-state index in [1.165, 1.54) is 69.5 Å². The third-order valence-corrected chi connectivity index (χ3v) is 3.88. The topological polar surface area (TPSA) is 17.1 Å². The van der Waals surface area contributed by atoms with Crippen LogP contribution in [-0.2, 0) is 4.79 Å². The van der Waals surface area contributed by atoms with Gasteiger partial charge in [0, 0.05) is 5.75 Å². The third kappa shape index (κ3) is 13.8. The summed E-state index contributed by atoms with van der Waals surface area (Å²) in [6.45, 7) is 4.44. The highest BCUT2D eigenvalue weighted by Crippen LogP contribution is 2.10. The van der Waals surface area contributed by atoms with Crippen molar-refractivity contribution >= 4 is 16.9 Å². The Bertz CT molecular complexity index is 211. The molecule has 0 unspecified atom stereocenters. The van der Waals surface area contributed by atoms with Crippen LogP contribution in [0.15, 0.2) is 12.2 Å². The van der Waals surface area contributed by atoms with E-state index in [0.717, 1.165) is 12.2 Å². The van der Waals surface area contributed by atoms with Gasteiger partial charge in [0.05, 0.1) is 0 Å². The van der Waals surface area contributed by atoms with Gasteiger partial charge in [-0.25, -0.2) is 0 Å². The fourth-order valence-corrected chi connectivity index (χ4v) is 2.54. The van der Waals surface area contributed by atoms with Gasteiger partial charge in [-0.1, -0.05) is 76.6 Å². The number of allylic oxidation sites excluding steroid dienone is 1. The van der Waals surface area contributed by atoms with Crippen molar-refractivity contribution in [3.63, 3.8) is 0 Å². The molecule has 106 valence electrons. The minimum atomic E-state index is 0.236. The molecular weight excluding hydrogens is 240 g/mol. The molecule has 0 spiro atoms. The Labute approximate surface area is 118 Å². The van der Waals surface area contributed by atoms with E-state index in [-0.39, 0.29) is 5.12 Å². The van der Waals surface area contributed by atoms with E-state index in [4.69, 9.17) is 0 Å². The van der Waals surface area contributed by atoms with Crippen LogP contribution in [0.25, 0.3) is 0 Å². The predicted octanol–water partition coefficient (Wildman–Crippen LogP) is 5.74. The van der Waals surface area contributed by atoms with Crippen molar-refractivity contribution in [2.75, 3.05) is 5.75 Å². The first-order valence-electron chi connectivity index (χ1n) is 7.64. The maximum absolute atomic E-state index is 11.5. The largest absolute Gasteiger partial charge is 0.282 e. The molecule has 0 radical (unpaired) electrons. The lowest BCUT2D eigenvalue weighted by Crippen LogP contribution is -1.89. The van der Waals surface area contributed by atoms with Gasteiger partial charge in [-0.15, -0.1) is 0 Å². The molecule has 0 aliphatic carbocycles. The lowest BCUT2D eigenvalue weighted by Gasteiger charge is -1.98. The van der Waals surface area contributed by atoms with Gasteiger partial charge in [0.25, 0.3) is 0 Å². The van der Waals surface area contributed by atoms with Crippen LogP contribution >= 0.6 is 11.8 Å². The van der Waals surface area contributed by atoms with E-state index >= 15 is 0 Å². The molecule has 0 rings (SSSR count). The highest BCUT2D eigenvalue weighted by atomic mass is 32.2. The zero-order valence-electron chi connectivity index (χ0n) is 12.2. The van der Waals surface area contributed by atoms with E-state index in [1.807, 2.05) is 6.08 Å². The zero-order chi connectivity index (χ0) is 13.5. The summed E-state index contributed by atoms with van der Waals surface area (Å²) in [6.07, 6.45) is 16.4. The molecule has 0 saturated heterocycles. The van der Waals surface area contributed by atoms with Crippen LogP contribution in [0.2, 0.25) is 0 Å². The molecular formula is C16H30OS. The van der Waals surface area contributed by atoms with Crippen molar-refractivity contribution in [1.82, 2.24) is 0 Å². The molecule has 2 heteroatoms. The van der Waals surface area contributed by atoms with Crippen molar-refractivity contribution in [3.05, 3.63) is 12.2 Å². The van der Waals surface area contributed by atoms with Crippen LogP contribution in [0.4, 0.5) is 0 Å². The average molecular weight is 270 g/mol. The molecule has 0 amide bonds. The monoisotopic (exact) mass is 270 g/mol. The van der Waals surface area contributed by atoms with Crippen LogP contribution in [0.5, 0.6) is 0 Å². The van der Waals surface area contributed by atoms with Gasteiger partial charge in [0.15, 0.2) is 0 Å². The fourth-order valence-electron chi connectivity index (χ4n) is 1.80. The van der Waals surface area contributed by atoms with Crippen molar-refractivity contribution in [2.45, 2.75) is 78.1 Å². The average Bonchev–Trinajstić information content (AvgIpc) is 2.37. The van der Waals surface area contributed by atoms with E-state index in [1.54, 1.807) is 6.08 Å². The molecule has 0 atom stereocenters. The van der Waals surface area contributed by atoms with E-state index in [0.29, 0.717) is 0 Å². The first kappa shape index (κ1) is 17.8. The third-order valence-electron chi connectivity index (χ3n) is 2.97. The second kappa shape index (κ2) is 14.8. The van der Waals surface area contributed by atoms with Gasteiger partial charge in [-0.2, -0.15) is 0 Å². The quantitative estimate of drug-likeness (QED) is 0.332. The summed E-state index contributed by atoms with van der Waals surface area (Å²) in [5, 5.41) is 0.236. The molecule has 18 heavy (non-hydrogen) atoms. The molecule has 0 N–H and O–H groups in total. The van der Waals surface area contributed by atoms with Gasteiger partial charge in [0.2, 0.25) is 5.12 Å². The van der Waals surface area contributed by atoms with Crippen LogP contribution in [0.3, 0.4) is 0 Å². The first-order chi connectivity index (χ1) is 8.81. The number of unbranched alkanes of at least 4 members (excludes halogenated alkanes) is 8. The Balaban J connectivity index is 3.28. The second-order valence-corrected chi connectivity index (χ2v) is 5.93. The van der Waals surface area contributed by atoms with E-state index < -0.39 is 0 Å². The van der Waals surface area contributed by atoms with Gasteiger partial charge < -0.3 is 0 Å². The summed E-state index contributed by atoms with van der Waals surface area (Å²) in [4.78, 5) is 11.5. The van der Waals surface area contributed by atoms with Crippen LogP contribution in [-0.4, -0.2) is 10.9 Å². The summed E-state index contributed by atoms with van der Waals surface area (Å²) < 4.78 is 0. The van der Waals surface area contributed by atoms with Crippen LogP contribution in [0, 0.1) is 0 Å². The highest BCUT2D eigenvalue weighted by molar-refractivity contribution is 8.14. The van der Waals surface area contributed by atoms with Crippen molar-refractivity contribution in [3.8, 4) is 0 Å². The SMILES string of the molecule is CCCCCCC/C=C/C(=O)SCCCCCC. The zero-order valence-corrected chi connectivity index (χ0v) is 13.1. The Morgan fingerprint density at radius 3 is 2.17 bits per heavy atom. The molecule has 0 aliphatic heterocycles. The smallest absolute Gasteiger partial charge is 0.211 e. The lowest BCUT2D eigenvalue weighted by atomic mass is 10.1. The molecule has 0 aromatic rings. The van der Waals surface area contributed by atoms with Crippen molar-refractivity contribution < 1.29 is 4.79 Å². The molecule has 0 heterocycles. The molecule has 0 aliphatic rings. The van der Waals surface area contributed by atoms with Gasteiger partial charge >= 0.3 is 0 Å². The Morgan fingerprint density at radius 2 is 1.50 bits per heavy atom. The second-order valence-electron chi connectivity index (χ2n) is 4.83. The Hall–Kier alpha value is -0.240. The van der Waals surface area contributed by atoms with E-state index in [9.17, 15) is 4.79 Å². The summed E-state index contributed by atoms with van der Waals surface area (Å²) in [5.41, 5.74) is 0. The standard InChI is InChI=1S/C16H30OS/c1-3-5-7-9-10-11-12-14-16(17)18-15-13-8-6-4-2/h12,14H,3-11,13,15H2,1-2H3/b14-12+. The van der Waals surface area contributed by atoms with Crippen molar-refractivity contribution in [2.24, 2.45) is 0 Å². The Morgan fingerprint density at radius 1 is 0.889 bits per heavy atom. The summed E-state index contributed by atoms with van der Waals surface area (Å²) >= 11 is 1.47. The maximum Gasteiger partial charge on any atom is 0.211 e.